The van der Waals surface area contributed by atoms with E-state index in [1.807, 2.05) is 48.5 Å². The number of esters is 2. The summed E-state index contributed by atoms with van der Waals surface area (Å²) in [7, 11) is 0. The van der Waals surface area contributed by atoms with Crippen LogP contribution >= 0.6 is 0 Å². The molecule has 0 aliphatic carbocycles. The van der Waals surface area contributed by atoms with E-state index in [9.17, 15) is 19.5 Å². The second-order valence-electron chi connectivity index (χ2n) is 11.8. The van der Waals surface area contributed by atoms with E-state index in [2.05, 4.69) is 15.0 Å². The lowest BCUT2D eigenvalue weighted by molar-refractivity contribution is -0.253. The minimum absolute atomic E-state index is 0.00485. The lowest BCUT2D eigenvalue weighted by atomic mass is 9.99. The topological polar surface area (TPSA) is 114 Å². The van der Waals surface area contributed by atoms with Gasteiger partial charge in [0.05, 0.1) is 29.9 Å². The van der Waals surface area contributed by atoms with Gasteiger partial charge in [-0.25, -0.2) is 9.59 Å². The van der Waals surface area contributed by atoms with Gasteiger partial charge in [-0.3, -0.25) is 4.79 Å². The molecule has 9 nitrogen and oxygen atoms in total. The van der Waals surface area contributed by atoms with Gasteiger partial charge in [-0.1, -0.05) is 67.8 Å². The molecule has 0 radical (unpaired) electrons. The summed E-state index contributed by atoms with van der Waals surface area (Å²) in [6.07, 6.45) is 6.40. The van der Waals surface area contributed by atoms with Gasteiger partial charge in [0.15, 0.2) is 6.29 Å². The fourth-order valence-corrected chi connectivity index (χ4v) is 6.12. The van der Waals surface area contributed by atoms with Crippen molar-refractivity contribution in [3.63, 3.8) is 0 Å². The van der Waals surface area contributed by atoms with Crippen molar-refractivity contribution in [1.29, 1.82) is 0 Å². The molecule has 3 unspecified atom stereocenters. The Bertz CT molecular complexity index is 1480. The van der Waals surface area contributed by atoms with Crippen molar-refractivity contribution in [1.82, 2.24) is 10.2 Å². The number of fused-ring (bicyclic) bond motifs is 1. The average Bonchev–Trinajstić information content (AvgIpc) is 3.33. The van der Waals surface area contributed by atoms with Crippen molar-refractivity contribution in [3.8, 4) is 0 Å². The summed E-state index contributed by atoms with van der Waals surface area (Å²) < 4.78 is 17.7. The number of hydrogen-bond acceptors (Lipinski definition) is 8. The van der Waals surface area contributed by atoms with E-state index >= 15 is 0 Å². The highest BCUT2D eigenvalue weighted by atomic mass is 16.7. The second-order valence-corrected chi connectivity index (χ2v) is 11.8. The van der Waals surface area contributed by atoms with Crippen molar-refractivity contribution >= 4 is 17.8 Å². The number of likely N-dealkylation sites (tertiary alicyclic amines) is 1. The zero-order valence-corrected chi connectivity index (χ0v) is 24.7. The van der Waals surface area contributed by atoms with Gasteiger partial charge in [0.2, 0.25) is 0 Å². The van der Waals surface area contributed by atoms with Gasteiger partial charge >= 0.3 is 11.9 Å². The van der Waals surface area contributed by atoms with E-state index < -0.39 is 18.2 Å². The van der Waals surface area contributed by atoms with Crippen molar-refractivity contribution in [2.24, 2.45) is 0 Å². The summed E-state index contributed by atoms with van der Waals surface area (Å²) in [4.78, 5) is 38.8. The minimum Gasteiger partial charge on any atom is -0.392 e. The summed E-state index contributed by atoms with van der Waals surface area (Å²) in [6.45, 7) is 3.34. The van der Waals surface area contributed by atoms with Crippen LogP contribution in [0.25, 0.3) is 0 Å². The van der Waals surface area contributed by atoms with Crippen LogP contribution in [0.3, 0.4) is 0 Å². The molecule has 3 aromatic rings. The van der Waals surface area contributed by atoms with E-state index in [4.69, 9.17) is 9.47 Å². The number of ether oxygens (including phenoxy) is 3. The number of amides is 1. The average molecular weight is 599 g/mol. The number of aliphatic hydroxyl groups excluding tert-OH is 1. The molecule has 44 heavy (non-hydrogen) atoms. The Labute approximate surface area is 257 Å². The smallest absolute Gasteiger partial charge is 0.346 e. The number of carbonyl (C=O) groups is 3. The molecule has 230 valence electrons. The summed E-state index contributed by atoms with van der Waals surface area (Å²) in [5, 5.41) is 12.4. The van der Waals surface area contributed by atoms with Crippen LogP contribution in [0.5, 0.6) is 0 Å². The quantitative estimate of drug-likeness (QED) is 0.268. The van der Waals surface area contributed by atoms with E-state index in [0.717, 1.165) is 48.3 Å². The maximum Gasteiger partial charge on any atom is 0.346 e. The first-order chi connectivity index (χ1) is 21.5. The molecule has 6 rings (SSSR count). The molecule has 2 saturated heterocycles. The Hall–Kier alpha value is -3.89. The van der Waals surface area contributed by atoms with Crippen LogP contribution in [0, 0.1) is 0 Å². The lowest BCUT2D eigenvalue weighted by Crippen LogP contribution is -2.40. The standard InChI is InChI=1S/C35H38N2O7/c38-22-24-8-10-25(11-9-24)31-19-28(21-37-16-4-2-1-3-5-17-37)42-35(43-31)26-12-6-23(7-13-26)20-36-32(39)27-14-15-29-30(18-27)34(41)44-33(29)40/h6-15,18,28,31,35,38H,1-5,16-17,19-22H2,(H,36,39). The van der Waals surface area contributed by atoms with Gasteiger partial charge in [0.1, 0.15) is 0 Å². The van der Waals surface area contributed by atoms with Gasteiger partial charge in [-0.2, -0.15) is 0 Å². The highest BCUT2D eigenvalue weighted by Gasteiger charge is 2.33. The summed E-state index contributed by atoms with van der Waals surface area (Å²) in [5.74, 6) is -1.79. The molecular weight excluding hydrogens is 560 g/mol. The number of nitrogens with zero attached hydrogens (tertiary/aromatic N) is 1. The molecule has 1 amide bonds. The molecule has 0 spiro atoms. The van der Waals surface area contributed by atoms with Crippen LogP contribution < -0.4 is 5.32 Å². The van der Waals surface area contributed by atoms with Gasteiger partial charge in [0.25, 0.3) is 5.91 Å². The molecule has 0 bridgehead atoms. The zero-order valence-electron chi connectivity index (χ0n) is 24.7. The Morgan fingerprint density at radius 3 is 2.18 bits per heavy atom. The predicted molar refractivity (Wildman–Crippen MR) is 162 cm³/mol. The highest BCUT2D eigenvalue weighted by molar-refractivity contribution is 6.15. The van der Waals surface area contributed by atoms with Crippen molar-refractivity contribution in [2.75, 3.05) is 19.6 Å². The molecule has 9 heteroatoms. The lowest BCUT2D eigenvalue weighted by Gasteiger charge is -2.38. The van der Waals surface area contributed by atoms with Crippen LogP contribution in [0.2, 0.25) is 0 Å². The third kappa shape index (κ3) is 7.08. The second kappa shape index (κ2) is 13.8. The summed E-state index contributed by atoms with van der Waals surface area (Å²) in [6, 6.07) is 20.1. The molecule has 2 N–H and O–H groups in total. The van der Waals surface area contributed by atoms with Crippen LogP contribution in [0.15, 0.2) is 66.7 Å². The SMILES string of the molecule is O=C(NCc1ccc(C2OC(CN3CCCCCCC3)CC(c3ccc(CO)cc3)O2)cc1)c1ccc2c(c1)C(=O)OC2=O. The fourth-order valence-electron chi connectivity index (χ4n) is 6.12. The highest BCUT2D eigenvalue weighted by Crippen LogP contribution is 2.38. The maximum atomic E-state index is 12.8. The van der Waals surface area contributed by atoms with Crippen molar-refractivity contribution in [3.05, 3.63) is 106 Å². The molecule has 3 aliphatic heterocycles. The third-order valence-corrected chi connectivity index (χ3v) is 8.64. The molecule has 3 aliphatic rings. The van der Waals surface area contributed by atoms with Crippen LogP contribution in [-0.4, -0.2) is 53.6 Å². The Balaban J connectivity index is 1.12. The number of carbonyl (C=O) groups excluding carboxylic acids is 3. The monoisotopic (exact) mass is 598 g/mol. The number of aliphatic hydroxyl groups is 1. The number of benzene rings is 3. The van der Waals surface area contributed by atoms with Crippen LogP contribution in [0.1, 0.15) is 104 Å². The van der Waals surface area contributed by atoms with Gasteiger partial charge < -0.3 is 29.5 Å². The zero-order chi connectivity index (χ0) is 30.5. The molecule has 0 saturated carbocycles. The van der Waals surface area contributed by atoms with Crippen molar-refractivity contribution in [2.45, 2.75) is 70.2 Å². The number of nitrogens with one attached hydrogen (secondary N) is 1. The van der Waals surface area contributed by atoms with E-state index in [1.54, 1.807) is 0 Å². The largest absolute Gasteiger partial charge is 0.392 e. The molecule has 3 aromatic carbocycles. The Morgan fingerprint density at radius 1 is 0.795 bits per heavy atom. The molecular formula is C35H38N2O7. The normalized spacial score (nSPS) is 22.5. The van der Waals surface area contributed by atoms with Crippen LogP contribution in [0.4, 0.5) is 0 Å². The molecule has 2 fully saturated rings. The minimum atomic E-state index is -0.740. The predicted octanol–water partition coefficient (Wildman–Crippen LogP) is 5.23. The first kappa shape index (κ1) is 30.1. The van der Waals surface area contributed by atoms with Gasteiger partial charge in [-0.05, 0) is 60.8 Å². The summed E-state index contributed by atoms with van der Waals surface area (Å²) in [5.41, 5.74) is 4.27. The van der Waals surface area contributed by atoms with E-state index in [1.165, 1.54) is 50.3 Å². The number of cyclic esters (lactones) is 2. The molecule has 3 heterocycles. The number of hydrogen-bond donors (Lipinski definition) is 2. The maximum absolute atomic E-state index is 12.8. The van der Waals surface area contributed by atoms with Gasteiger partial charge in [0, 0.05) is 30.6 Å². The molecule has 3 atom stereocenters. The number of rotatable bonds is 8. The molecule has 0 aromatic heterocycles. The first-order valence-electron chi connectivity index (χ1n) is 15.5. The first-order valence-corrected chi connectivity index (χ1v) is 15.5. The van der Waals surface area contributed by atoms with Crippen LogP contribution in [-0.2, 0) is 27.4 Å². The van der Waals surface area contributed by atoms with E-state index in [0.29, 0.717) is 0 Å². The van der Waals surface area contributed by atoms with Gasteiger partial charge in [-0.15, -0.1) is 0 Å². The fraction of sp³-hybridized carbons (Fsp3) is 0.400. The summed E-state index contributed by atoms with van der Waals surface area (Å²) >= 11 is 0. The Kier molecular flexibility index (Phi) is 9.47. The third-order valence-electron chi connectivity index (χ3n) is 8.64. The van der Waals surface area contributed by atoms with E-state index in [-0.39, 0.29) is 48.0 Å². The Morgan fingerprint density at radius 2 is 1.45 bits per heavy atom. The van der Waals surface area contributed by atoms with Crippen molar-refractivity contribution < 1.29 is 33.7 Å².